The molecule has 2 aromatic carbocycles. The Morgan fingerprint density at radius 1 is 1.00 bits per heavy atom. The van der Waals surface area contributed by atoms with Gasteiger partial charge in [0.1, 0.15) is 5.75 Å². The lowest BCUT2D eigenvalue weighted by molar-refractivity contribution is 0.0600. The van der Waals surface area contributed by atoms with E-state index in [1.54, 1.807) is 53.2 Å². The predicted octanol–water partition coefficient (Wildman–Crippen LogP) is 2.71. The van der Waals surface area contributed by atoms with Crippen LogP contribution in [0.25, 0.3) is 5.69 Å². The van der Waals surface area contributed by atoms with Crippen LogP contribution in [0, 0.1) is 0 Å². The first kappa shape index (κ1) is 24.9. The molecule has 4 rings (SSSR count). The molecule has 1 saturated carbocycles. The highest BCUT2D eigenvalue weighted by atomic mass is 16.5. The summed E-state index contributed by atoms with van der Waals surface area (Å²) >= 11 is 0. The van der Waals surface area contributed by atoms with E-state index in [0.29, 0.717) is 54.3 Å². The molecule has 0 bridgehead atoms. The van der Waals surface area contributed by atoms with Crippen molar-refractivity contribution in [2.75, 3.05) is 20.3 Å². The minimum absolute atomic E-state index is 0.149. The number of esters is 1. The molecule has 0 radical (unpaired) electrons. The van der Waals surface area contributed by atoms with Crippen molar-refractivity contribution in [1.82, 2.24) is 25.6 Å². The third kappa shape index (κ3) is 6.07. The largest absolute Gasteiger partial charge is 0.494 e. The summed E-state index contributed by atoms with van der Waals surface area (Å²) in [6, 6.07) is 13.9. The monoisotopic (exact) mass is 491 g/mol. The van der Waals surface area contributed by atoms with E-state index < -0.39 is 5.97 Å². The molecule has 1 fully saturated rings. The second-order valence-corrected chi connectivity index (χ2v) is 8.42. The van der Waals surface area contributed by atoms with Crippen molar-refractivity contribution in [2.24, 2.45) is 0 Å². The van der Waals surface area contributed by atoms with Gasteiger partial charge in [-0.2, -0.15) is 0 Å². The van der Waals surface area contributed by atoms with Gasteiger partial charge in [-0.15, -0.1) is 5.10 Å². The highest BCUT2D eigenvalue weighted by molar-refractivity contribution is 5.95. The lowest BCUT2D eigenvalue weighted by atomic mass is 10.1. The zero-order chi connectivity index (χ0) is 25.5. The quantitative estimate of drug-likeness (QED) is 0.312. The number of nitrogens with zero attached hydrogens (tertiary/aromatic N) is 3. The summed E-state index contributed by atoms with van der Waals surface area (Å²) in [5, 5.41) is 14.1. The van der Waals surface area contributed by atoms with Crippen LogP contribution in [-0.2, 0) is 11.2 Å². The van der Waals surface area contributed by atoms with Crippen molar-refractivity contribution in [3.05, 3.63) is 71.0 Å². The Morgan fingerprint density at radius 2 is 1.69 bits per heavy atom. The summed E-state index contributed by atoms with van der Waals surface area (Å²) in [5.74, 6) is -0.165. The number of hydrogen-bond donors (Lipinski definition) is 2. The van der Waals surface area contributed by atoms with Gasteiger partial charge in [-0.1, -0.05) is 5.21 Å². The summed E-state index contributed by atoms with van der Waals surface area (Å²) < 4.78 is 12.1. The summed E-state index contributed by atoms with van der Waals surface area (Å²) in [4.78, 5) is 36.5. The van der Waals surface area contributed by atoms with Crippen molar-refractivity contribution in [3.63, 3.8) is 0 Å². The molecule has 3 aromatic rings. The van der Waals surface area contributed by atoms with Gasteiger partial charge in [-0.05, 0) is 81.1 Å². The molecule has 10 nitrogen and oxygen atoms in total. The number of amides is 2. The van der Waals surface area contributed by atoms with Crippen molar-refractivity contribution < 1.29 is 23.9 Å². The molecule has 1 aliphatic rings. The van der Waals surface area contributed by atoms with Gasteiger partial charge in [0, 0.05) is 18.2 Å². The molecule has 0 saturated heterocycles. The normalized spacial score (nSPS) is 12.6. The Hall–Kier alpha value is -4.21. The smallest absolute Gasteiger partial charge is 0.337 e. The zero-order valence-corrected chi connectivity index (χ0v) is 20.3. The van der Waals surface area contributed by atoms with Gasteiger partial charge >= 0.3 is 5.97 Å². The first-order chi connectivity index (χ1) is 17.5. The van der Waals surface area contributed by atoms with E-state index in [1.807, 2.05) is 6.92 Å². The average Bonchev–Trinajstić information content (AvgIpc) is 3.62. The fourth-order valence-corrected chi connectivity index (χ4v) is 3.64. The molecule has 0 aliphatic heterocycles. The van der Waals surface area contributed by atoms with Gasteiger partial charge in [0.25, 0.3) is 11.8 Å². The van der Waals surface area contributed by atoms with E-state index in [0.717, 1.165) is 12.8 Å². The molecule has 2 amide bonds. The van der Waals surface area contributed by atoms with Crippen LogP contribution in [0.3, 0.4) is 0 Å². The standard InChI is InChI=1S/C26H29N5O5/c1-3-27-24(32)17-6-12-20(13-7-17)31-22(23(29-30-31)25(33)28-19-10-11-19)5-4-16-36-21-14-8-18(9-15-21)26(34)35-2/h6-9,12-15,19H,3-5,10-11,16H2,1-2H3,(H,27,32)(H,28,33). The molecule has 188 valence electrons. The lowest BCUT2D eigenvalue weighted by Gasteiger charge is -2.10. The van der Waals surface area contributed by atoms with Crippen LogP contribution in [0.1, 0.15) is 63.1 Å². The number of rotatable bonds is 11. The maximum absolute atomic E-state index is 12.8. The average molecular weight is 492 g/mol. The first-order valence-electron chi connectivity index (χ1n) is 12.0. The molecule has 1 heterocycles. The minimum atomic E-state index is -0.404. The number of aromatic nitrogens is 3. The Kier molecular flexibility index (Phi) is 7.94. The van der Waals surface area contributed by atoms with Crippen LogP contribution in [-0.4, -0.2) is 59.1 Å². The predicted molar refractivity (Wildman–Crippen MR) is 131 cm³/mol. The molecule has 1 aromatic heterocycles. The van der Waals surface area contributed by atoms with Gasteiger partial charge in [0.15, 0.2) is 5.69 Å². The van der Waals surface area contributed by atoms with Gasteiger partial charge in [-0.3, -0.25) is 9.59 Å². The van der Waals surface area contributed by atoms with Crippen molar-refractivity contribution in [1.29, 1.82) is 0 Å². The Bertz CT molecular complexity index is 1220. The van der Waals surface area contributed by atoms with Crippen LogP contribution in [0.5, 0.6) is 5.75 Å². The lowest BCUT2D eigenvalue weighted by Crippen LogP contribution is -2.27. The molecule has 0 atom stereocenters. The number of carbonyl (C=O) groups excluding carboxylic acids is 3. The van der Waals surface area contributed by atoms with Gasteiger partial charge in [0.2, 0.25) is 0 Å². The molecule has 36 heavy (non-hydrogen) atoms. The molecule has 1 aliphatic carbocycles. The highest BCUT2D eigenvalue weighted by Gasteiger charge is 2.27. The second kappa shape index (κ2) is 11.5. The SMILES string of the molecule is CCNC(=O)c1ccc(-n2nnc(C(=O)NC3CC3)c2CCCOc2ccc(C(=O)OC)cc2)cc1. The van der Waals surface area contributed by atoms with Crippen LogP contribution in [0.4, 0.5) is 0 Å². The maximum atomic E-state index is 12.8. The number of methoxy groups -OCH3 is 1. The van der Waals surface area contributed by atoms with E-state index in [9.17, 15) is 14.4 Å². The van der Waals surface area contributed by atoms with E-state index in [-0.39, 0.29) is 23.6 Å². The number of carbonyl (C=O) groups is 3. The van der Waals surface area contributed by atoms with Crippen molar-refractivity contribution in [3.8, 4) is 11.4 Å². The molecule has 0 spiro atoms. The number of nitrogens with one attached hydrogen (secondary N) is 2. The molecule has 0 unspecified atom stereocenters. The summed E-state index contributed by atoms with van der Waals surface area (Å²) in [5.41, 5.74) is 2.65. The van der Waals surface area contributed by atoms with Crippen LogP contribution in [0.2, 0.25) is 0 Å². The highest BCUT2D eigenvalue weighted by Crippen LogP contribution is 2.21. The maximum Gasteiger partial charge on any atom is 0.337 e. The first-order valence-corrected chi connectivity index (χ1v) is 12.0. The minimum Gasteiger partial charge on any atom is -0.494 e. The number of ether oxygens (including phenoxy) is 2. The van der Waals surface area contributed by atoms with Gasteiger partial charge in [-0.25, -0.2) is 9.48 Å². The Balaban J connectivity index is 1.46. The van der Waals surface area contributed by atoms with Crippen LogP contribution >= 0.6 is 0 Å². The third-order valence-corrected chi connectivity index (χ3v) is 5.70. The zero-order valence-electron chi connectivity index (χ0n) is 20.3. The number of benzene rings is 2. The fourth-order valence-electron chi connectivity index (χ4n) is 3.64. The van der Waals surface area contributed by atoms with Crippen molar-refractivity contribution >= 4 is 17.8 Å². The van der Waals surface area contributed by atoms with E-state index in [4.69, 9.17) is 9.47 Å². The van der Waals surface area contributed by atoms with E-state index in [1.165, 1.54) is 7.11 Å². The summed E-state index contributed by atoms with van der Waals surface area (Å²) in [6.07, 6.45) is 3.05. The second-order valence-electron chi connectivity index (χ2n) is 8.42. The molecular formula is C26H29N5O5. The molecule has 2 N–H and O–H groups in total. The Labute approximate surface area is 209 Å². The summed E-state index contributed by atoms with van der Waals surface area (Å²) in [6.45, 7) is 2.80. The van der Waals surface area contributed by atoms with Crippen molar-refractivity contribution in [2.45, 2.75) is 38.6 Å². The third-order valence-electron chi connectivity index (χ3n) is 5.70. The van der Waals surface area contributed by atoms with E-state index >= 15 is 0 Å². The topological polar surface area (TPSA) is 124 Å². The van der Waals surface area contributed by atoms with Gasteiger partial charge < -0.3 is 20.1 Å². The molecule has 10 heteroatoms. The summed E-state index contributed by atoms with van der Waals surface area (Å²) in [7, 11) is 1.34. The van der Waals surface area contributed by atoms with Crippen LogP contribution < -0.4 is 15.4 Å². The molecular weight excluding hydrogens is 462 g/mol. The van der Waals surface area contributed by atoms with Gasteiger partial charge in [0.05, 0.1) is 30.7 Å². The Morgan fingerprint density at radius 3 is 2.33 bits per heavy atom. The fraction of sp³-hybridized carbons (Fsp3) is 0.346. The van der Waals surface area contributed by atoms with Crippen LogP contribution in [0.15, 0.2) is 48.5 Å². The number of hydrogen-bond acceptors (Lipinski definition) is 7. The van der Waals surface area contributed by atoms with E-state index in [2.05, 4.69) is 20.9 Å².